The normalized spacial score (nSPS) is 15.2. The van der Waals surface area contributed by atoms with Crippen molar-refractivity contribution in [3.8, 4) is 5.75 Å². The van der Waals surface area contributed by atoms with E-state index in [0.717, 1.165) is 54.5 Å². The Morgan fingerprint density at radius 3 is 2.63 bits per heavy atom. The molecule has 2 N–H and O–H groups in total. The molecule has 2 aromatic rings. The van der Waals surface area contributed by atoms with Crippen molar-refractivity contribution in [3.05, 3.63) is 52.9 Å². The van der Waals surface area contributed by atoms with Crippen molar-refractivity contribution in [2.45, 2.75) is 38.0 Å². The molecule has 35 heavy (non-hydrogen) atoms. The molecule has 1 aromatic heterocycles. The number of pyridine rings is 1. The minimum absolute atomic E-state index is 0.242. The van der Waals surface area contributed by atoms with Crippen LogP contribution in [-0.4, -0.2) is 68.7 Å². The third kappa shape index (κ3) is 6.81. The van der Waals surface area contributed by atoms with E-state index < -0.39 is 16.0 Å². The molecule has 0 bridgehead atoms. The number of aliphatic carboxylic acids is 1. The fourth-order valence-corrected chi connectivity index (χ4v) is 5.38. The first-order valence-corrected chi connectivity index (χ1v) is 13.1. The summed E-state index contributed by atoms with van der Waals surface area (Å²) in [6.07, 6.45) is 6.69. The van der Waals surface area contributed by atoms with Crippen LogP contribution in [0.2, 0.25) is 0 Å². The van der Waals surface area contributed by atoms with Crippen LogP contribution in [0, 0.1) is 0 Å². The maximum absolute atomic E-state index is 13.0. The monoisotopic (exact) mass is 503 g/mol. The fraction of sp³-hybridized carbons (Fsp3) is 0.440. The number of nitrogens with zero attached hydrogens (tertiary/aromatic N) is 2. The van der Waals surface area contributed by atoms with Gasteiger partial charge in [-0.25, -0.2) is 8.42 Å². The van der Waals surface area contributed by atoms with Crippen molar-refractivity contribution in [2.24, 2.45) is 0 Å². The van der Waals surface area contributed by atoms with Gasteiger partial charge in [0.15, 0.2) is 0 Å². The predicted octanol–water partition coefficient (Wildman–Crippen LogP) is 3.18. The highest BCUT2D eigenvalue weighted by Gasteiger charge is 2.27. The number of sulfonamides is 1. The van der Waals surface area contributed by atoms with E-state index in [-0.39, 0.29) is 4.90 Å². The molecule has 9 nitrogen and oxygen atoms in total. The van der Waals surface area contributed by atoms with Crippen molar-refractivity contribution in [1.82, 2.24) is 9.29 Å². The molecule has 1 fully saturated rings. The Hall–Kier alpha value is -2.95. The number of rotatable bonds is 8. The minimum atomic E-state index is -3.57. The summed E-state index contributed by atoms with van der Waals surface area (Å²) >= 11 is 0. The second-order valence-corrected chi connectivity index (χ2v) is 10.2. The predicted molar refractivity (Wildman–Crippen MR) is 134 cm³/mol. The highest BCUT2D eigenvalue weighted by Crippen LogP contribution is 2.31. The summed E-state index contributed by atoms with van der Waals surface area (Å²) in [4.78, 5) is 14.1. The van der Waals surface area contributed by atoms with Gasteiger partial charge in [0.25, 0.3) is 5.97 Å². The summed E-state index contributed by atoms with van der Waals surface area (Å²) < 4.78 is 38.3. The fourth-order valence-electron chi connectivity index (χ4n) is 3.95. The van der Waals surface area contributed by atoms with Gasteiger partial charge in [-0.2, -0.15) is 4.31 Å². The summed E-state index contributed by atoms with van der Waals surface area (Å²) in [6.45, 7) is 5.70. The zero-order valence-corrected chi connectivity index (χ0v) is 21.2. The zero-order chi connectivity index (χ0) is 25.4. The van der Waals surface area contributed by atoms with Crippen molar-refractivity contribution < 1.29 is 27.8 Å². The summed E-state index contributed by atoms with van der Waals surface area (Å²) in [6, 6.07) is 7.19. The number of carboxylic acid groups (broad SMARTS) is 1. The Morgan fingerprint density at radius 1 is 1.26 bits per heavy atom. The third-order valence-electron chi connectivity index (χ3n) is 5.59. The molecule has 1 aliphatic heterocycles. The van der Waals surface area contributed by atoms with Gasteiger partial charge in [0, 0.05) is 68.0 Å². The molecule has 1 aromatic carbocycles. The molecule has 0 atom stereocenters. The average molecular weight is 504 g/mol. The van der Waals surface area contributed by atoms with Gasteiger partial charge in [-0.1, -0.05) is 25.1 Å². The molecule has 2 heterocycles. The zero-order valence-electron chi connectivity index (χ0n) is 20.4. The smallest absolute Gasteiger partial charge is 0.300 e. The number of nitrogens with one attached hydrogen (secondary N) is 1. The van der Waals surface area contributed by atoms with Gasteiger partial charge in [0.2, 0.25) is 10.0 Å². The first-order chi connectivity index (χ1) is 16.8. The lowest BCUT2D eigenvalue weighted by atomic mass is 10.1. The number of carboxylic acids is 1. The van der Waals surface area contributed by atoms with Crippen LogP contribution < -0.4 is 10.1 Å². The van der Waals surface area contributed by atoms with Crippen molar-refractivity contribution in [1.29, 1.82) is 0 Å². The van der Waals surface area contributed by atoms with Crippen molar-refractivity contribution in [3.63, 3.8) is 0 Å². The van der Waals surface area contributed by atoms with E-state index in [1.165, 1.54) is 4.31 Å². The molecule has 0 saturated carbocycles. The Kier molecular flexibility index (Phi) is 9.25. The van der Waals surface area contributed by atoms with Crippen LogP contribution in [0.5, 0.6) is 5.75 Å². The quantitative estimate of drug-likeness (QED) is 0.564. The van der Waals surface area contributed by atoms with Gasteiger partial charge >= 0.3 is 0 Å². The molecule has 2 aliphatic rings. The number of aromatic nitrogens is 1. The number of morpholine rings is 1. The molecular weight excluding hydrogens is 470 g/mol. The number of anilines is 1. The molecule has 10 heteroatoms. The third-order valence-corrected chi connectivity index (χ3v) is 7.48. The number of benzene rings is 1. The van der Waals surface area contributed by atoms with Crippen LogP contribution in [0.4, 0.5) is 5.69 Å². The van der Waals surface area contributed by atoms with Gasteiger partial charge in [0.1, 0.15) is 5.75 Å². The minimum Gasteiger partial charge on any atom is -0.496 e. The molecule has 0 radical (unpaired) electrons. The van der Waals surface area contributed by atoms with Gasteiger partial charge in [-0.05, 0) is 18.6 Å². The Balaban J connectivity index is 0.000000795. The van der Waals surface area contributed by atoms with E-state index in [0.29, 0.717) is 38.5 Å². The molecule has 0 unspecified atom stereocenters. The second-order valence-electron chi connectivity index (χ2n) is 8.24. The summed E-state index contributed by atoms with van der Waals surface area (Å²) in [5.74, 6) is -0.280. The van der Waals surface area contributed by atoms with Crippen molar-refractivity contribution in [2.75, 3.05) is 45.3 Å². The molecule has 0 amide bonds. The molecule has 1 aliphatic carbocycles. The van der Waals surface area contributed by atoms with Gasteiger partial charge in [0.05, 0.1) is 30.9 Å². The largest absolute Gasteiger partial charge is 0.496 e. The maximum atomic E-state index is 13.0. The Bertz CT molecular complexity index is 1170. The van der Waals surface area contributed by atoms with E-state index in [1.807, 2.05) is 6.07 Å². The second kappa shape index (κ2) is 12.1. The molecule has 4 rings (SSSR count). The number of allylic oxidation sites excluding steroid dienone is 1. The lowest BCUT2D eigenvalue weighted by molar-refractivity contribution is -0.134. The Labute approximate surface area is 206 Å². The van der Waals surface area contributed by atoms with E-state index in [4.69, 9.17) is 24.4 Å². The van der Waals surface area contributed by atoms with Crippen LogP contribution >= 0.6 is 0 Å². The number of fused-ring (bicyclic) bond motifs is 1. The highest BCUT2D eigenvalue weighted by molar-refractivity contribution is 7.89. The lowest BCUT2D eigenvalue weighted by Crippen LogP contribution is -2.40. The van der Waals surface area contributed by atoms with Crippen molar-refractivity contribution >= 4 is 27.8 Å². The van der Waals surface area contributed by atoms with Gasteiger partial charge in [-0.15, -0.1) is 0 Å². The van der Waals surface area contributed by atoms with Crippen LogP contribution in [0.15, 0.2) is 35.2 Å². The topological polar surface area (TPSA) is 118 Å². The average Bonchev–Trinajstić information content (AvgIpc) is 3.32. The standard InChI is InChI=1S/C23H29N3O4S.C2H4O2/c1-3-9-24-22-15-18(25-21-6-4-5-20(21)22)14-17-7-8-19(16-23(17)29-2)31(27,28)26-10-12-30-13-11-26;1-2(3)4/h4-5,7-8,15-16H,3,6,9-14H2,1-2H3,(H,24,25);1H3,(H,3,4). The molecular formula is C25H33N3O6S. The highest BCUT2D eigenvalue weighted by atomic mass is 32.2. The van der Waals surface area contributed by atoms with Crippen LogP contribution in [0.3, 0.4) is 0 Å². The SMILES string of the molecule is CC(=O)O.CCCNc1cc(Cc2ccc(S(=O)(=O)N3CCOCC3)cc2OC)nc2c1C=CC2. The number of methoxy groups -OCH3 is 1. The Morgan fingerprint density at radius 2 is 1.97 bits per heavy atom. The maximum Gasteiger partial charge on any atom is 0.300 e. The van der Waals surface area contributed by atoms with E-state index in [9.17, 15) is 8.42 Å². The van der Waals surface area contributed by atoms with Crippen LogP contribution in [-0.2, 0) is 32.4 Å². The number of ether oxygens (including phenoxy) is 2. The van der Waals surface area contributed by atoms with E-state index in [1.54, 1.807) is 19.2 Å². The number of hydrogen-bond donors (Lipinski definition) is 2. The summed E-state index contributed by atoms with van der Waals surface area (Å²) in [5, 5.41) is 10.9. The van der Waals surface area contributed by atoms with E-state index in [2.05, 4.69) is 30.5 Å². The van der Waals surface area contributed by atoms with Gasteiger partial charge in [-0.3, -0.25) is 9.78 Å². The molecule has 1 saturated heterocycles. The lowest BCUT2D eigenvalue weighted by Gasteiger charge is -2.26. The molecule has 0 spiro atoms. The van der Waals surface area contributed by atoms with E-state index >= 15 is 0 Å². The van der Waals surface area contributed by atoms with Gasteiger partial charge < -0.3 is 19.9 Å². The number of carbonyl (C=O) groups is 1. The first kappa shape index (κ1) is 26.7. The summed E-state index contributed by atoms with van der Waals surface area (Å²) in [7, 11) is -2.00. The summed E-state index contributed by atoms with van der Waals surface area (Å²) in [5.41, 5.74) is 5.17. The molecule has 190 valence electrons. The number of hydrogen-bond acceptors (Lipinski definition) is 7. The van der Waals surface area contributed by atoms with Crippen LogP contribution in [0.25, 0.3) is 6.08 Å². The first-order valence-electron chi connectivity index (χ1n) is 11.6. The van der Waals surface area contributed by atoms with Crippen LogP contribution in [0.1, 0.15) is 42.8 Å².